The van der Waals surface area contributed by atoms with Crippen molar-refractivity contribution in [1.29, 1.82) is 0 Å². The number of nitrogens with one attached hydrogen (secondary N) is 1. The van der Waals surface area contributed by atoms with Crippen LogP contribution in [0.5, 0.6) is 0 Å². The average molecular weight is 261 g/mol. The predicted molar refractivity (Wildman–Crippen MR) is 59.7 cm³/mol. The summed E-state index contributed by atoms with van der Waals surface area (Å²) < 4.78 is 24.0. The zero-order chi connectivity index (χ0) is 12.8. The summed E-state index contributed by atoms with van der Waals surface area (Å²) in [5, 5.41) is 2.66. The molecule has 0 saturated carbocycles. The molecule has 7 nitrogen and oxygen atoms in total. The summed E-state index contributed by atoms with van der Waals surface area (Å²) in [4.78, 5) is 24.4. The number of rotatable bonds is 1. The molecule has 2 heterocycles. The molecule has 1 N–H and O–H groups in total. The van der Waals surface area contributed by atoms with Crippen LogP contribution in [-0.4, -0.2) is 61.5 Å². The third-order valence-corrected chi connectivity index (χ3v) is 4.71. The smallest absolute Gasteiger partial charge is 0.323 e. The Morgan fingerprint density at radius 3 is 2.12 bits per heavy atom. The fourth-order valence-corrected chi connectivity index (χ4v) is 3.14. The number of carbonyl (C=O) groups excluding carboxylic acids is 2. The number of carbonyl (C=O) groups is 2. The molecule has 2 aliphatic heterocycles. The van der Waals surface area contributed by atoms with Crippen molar-refractivity contribution < 1.29 is 18.0 Å². The minimum atomic E-state index is -3.22. The second-order valence-electron chi connectivity index (χ2n) is 4.54. The number of hydrogen-bond acceptors (Lipinski definition) is 4. The first-order chi connectivity index (χ1) is 7.76. The van der Waals surface area contributed by atoms with E-state index in [1.165, 1.54) is 11.4 Å². The monoisotopic (exact) mass is 261 g/mol. The van der Waals surface area contributed by atoms with Gasteiger partial charge in [0.1, 0.15) is 5.54 Å². The molecule has 2 aliphatic rings. The van der Waals surface area contributed by atoms with E-state index in [0.29, 0.717) is 12.8 Å². The summed E-state index contributed by atoms with van der Waals surface area (Å²) in [7, 11) is -1.79. The number of urea groups is 1. The summed E-state index contributed by atoms with van der Waals surface area (Å²) >= 11 is 0. The van der Waals surface area contributed by atoms with Crippen molar-refractivity contribution in [3.05, 3.63) is 0 Å². The normalized spacial score (nSPS) is 25.4. The third-order valence-electron chi connectivity index (χ3n) is 3.41. The maximum Gasteiger partial charge on any atom is 0.324 e. The van der Waals surface area contributed by atoms with Crippen molar-refractivity contribution in [3.8, 4) is 0 Å². The predicted octanol–water partition coefficient (Wildman–Crippen LogP) is -1.04. The van der Waals surface area contributed by atoms with Crippen LogP contribution in [0.2, 0.25) is 0 Å². The lowest BCUT2D eigenvalue weighted by atomic mass is 9.88. The fourth-order valence-electron chi connectivity index (χ4n) is 2.29. The Labute approximate surface area is 99.8 Å². The topological polar surface area (TPSA) is 86.8 Å². The highest BCUT2D eigenvalue weighted by Crippen LogP contribution is 2.29. The molecule has 0 aromatic carbocycles. The first-order valence-electron chi connectivity index (χ1n) is 5.32. The van der Waals surface area contributed by atoms with Crippen LogP contribution in [0.1, 0.15) is 12.8 Å². The number of imide groups is 1. The van der Waals surface area contributed by atoms with Crippen LogP contribution in [0, 0.1) is 0 Å². The molecule has 0 bridgehead atoms. The molecule has 17 heavy (non-hydrogen) atoms. The maximum atomic E-state index is 11.9. The molecule has 96 valence electrons. The highest BCUT2D eigenvalue weighted by Gasteiger charge is 2.51. The van der Waals surface area contributed by atoms with E-state index in [9.17, 15) is 18.0 Å². The molecule has 0 aromatic heterocycles. The Balaban J connectivity index is 2.14. The lowest BCUT2D eigenvalue weighted by Crippen LogP contribution is -2.55. The molecule has 1 spiro atoms. The Hall–Kier alpha value is -1.15. The number of sulfonamides is 1. The molecular weight excluding hydrogens is 246 g/mol. The van der Waals surface area contributed by atoms with Gasteiger partial charge >= 0.3 is 6.03 Å². The van der Waals surface area contributed by atoms with E-state index in [-0.39, 0.29) is 19.0 Å². The lowest BCUT2D eigenvalue weighted by Gasteiger charge is -2.35. The maximum absolute atomic E-state index is 11.9. The van der Waals surface area contributed by atoms with E-state index >= 15 is 0 Å². The summed E-state index contributed by atoms with van der Waals surface area (Å²) in [6.07, 6.45) is 1.80. The minimum Gasteiger partial charge on any atom is -0.323 e. The first kappa shape index (κ1) is 12.3. The van der Waals surface area contributed by atoms with Gasteiger partial charge in [0.25, 0.3) is 5.91 Å². The number of hydrogen-bond donors (Lipinski definition) is 1. The van der Waals surface area contributed by atoms with Crippen molar-refractivity contribution in [2.45, 2.75) is 18.4 Å². The van der Waals surface area contributed by atoms with Crippen molar-refractivity contribution in [2.75, 3.05) is 26.4 Å². The lowest BCUT2D eigenvalue weighted by molar-refractivity contribution is -0.131. The van der Waals surface area contributed by atoms with E-state index in [2.05, 4.69) is 5.32 Å². The van der Waals surface area contributed by atoms with Crippen molar-refractivity contribution >= 4 is 22.0 Å². The van der Waals surface area contributed by atoms with Gasteiger partial charge in [-0.25, -0.2) is 17.5 Å². The Morgan fingerprint density at radius 2 is 1.76 bits per heavy atom. The molecule has 2 saturated heterocycles. The average Bonchev–Trinajstić information content (AvgIpc) is 2.43. The number of piperidine rings is 1. The molecule has 0 aliphatic carbocycles. The van der Waals surface area contributed by atoms with Crippen LogP contribution >= 0.6 is 0 Å². The van der Waals surface area contributed by atoms with Crippen molar-refractivity contribution in [3.63, 3.8) is 0 Å². The number of likely N-dealkylation sites (N-methyl/N-ethyl adjacent to an activating group) is 1. The van der Waals surface area contributed by atoms with Gasteiger partial charge in [0, 0.05) is 20.1 Å². The van der Waals surface area contributed by atoms with Gasteiger partial charge in [-0.15, -0.1) is 0 Å². The standard InChI is InChI=1S/C9H15N3O4S/c1-11-7(13)9(10-8(11)14)3-5-12(6-4-9)17(2,15)16/h3-6H2,1-2H3,(H,10,14). The van der Waals surface area contributed by atoms with Gasteiger partial charge in [-0.3, -0.25) is 9.69 Å². The summed E-state index contributed by atoms with van der Waals surface area (Å²) in [6, 6.07) is -0.414. The van der Waals surface area contributed by atoms with E-state index in [4.69, 9.17) is 0 Å². The molecular formula is C9H15N3O4S. The van der Waals surface area contributed by atoms with Crippen molar-refractivity contribution in [1.82, 2.24) is 14.5 Å². The third kappa shape index (κ3) is 1.91. The van der Waals surface area contributed by atoms with Crippen LogP contribution in [0.15, 0.2) is 0 Å². The largest absolute Gasteiger partial charge is 0.324 e. The number of amides is 3. The van der Waals surface area contributed by atoms with Gasteiger partial charge in [-0.05, 0) is 12.8 Å². The molecule has 2 rings (SSSR count). The van der Waals surface area contributed by atoms with E-state index in [1.807, 2.05) is 0 Å². The second kappa shape index (κ2) is 3.67. The number of nitrogens with zero attached hydrogens (tertiary/aromatic N) is 2. The van der Waals surface area contributed by atoms with Crippen LogP contribution < -0.4 is 5.32 Å². The van der Waals surface area contributed by atoms with Crippen LogP contribution in [0.4, 0.5) is 4.79 Å². The SMILES string of the molecule is CN1C(=O)NC2(CCN(S(C)(=O)=O)CC2)C1=O. The van der Waals surface area contributed by atoms with E-state index in [0.717, 1.165) is 11.2 Å². The zero-order valence-corrected chi connectivity index (χ0v) is 10.6. The quantitative estimate of drug-likeness (QED) is 0.611. The highest BCUT2D eigenvalue weighted by atomic mass is 32.2. The molecule has 3 amide bonds. The second-order valence-corrected chi connectivity index (χ2v) is 6.52. The van der Waals surface area contributed by atoms with Crippen molar-refractivity contribution in [2.24, 2.45) is 0 Å². The molecule has 8 heteroatoms. The van der Waals surface area contributed by atoms with Gasteiger partial charge in [-0.2, -0.15) is 0 Å². The molecule has 2 fully saturated rings. The first-order valence-corrected chi connectivity index (χ1v) is 7.16. The molecule has 0 atom stereocenters. The molecule has 0 radical (unpaired) electrons. The van der Waals surface area contributed by atoms with E-state index < -0.39 is 21.6 Å². The highest BCUT2D eigenvalue weighted by molar-refractivity contribution is 7.88. The molecule has 0 aromatic rings. The van der Waals surface area contributed by atoms with Crippen LogP contribution in [0.3, 0.4) is 0 Å². The van der Waals surface area contributed by atoms with Gasteiger partial charge in [0.2, 0.25) is 10.0 Å². The minimum absolute atomic E-state index is 0.263. The Morgan fingerprint density at radius 1 is 1.24 bits per heavy atom. The fraction of sp³-hybridized carbons (Fsp3) is 0.778. The van der Waals surface area contributed by atoms with Gasteiger partial charge in [0.05, 0.1) is 6.26 Å². The summed E-state index contributed by atoms with van der Waals surface area (Å²) in [5.41, 5.74) is -0.896. The zero-order valence-electron chi connectivity index (χ0n) is 9.76. The van der Waals surface area contributed by atoms with Gasteiger partial charge in [0.15, 0.2) is 0 Å². The summed E-state index contributed by atoms with van der Waals surface area (Å²) in [6.45, 7) is 0.525. The van der Waals surface area contributed by atoms with Gasteiger partial charge in [-0.1, -0.05) is 0 Å². The summed E-state index contributed by atoms with van der Waals surface area (Å²) in [5.74, 6) is -0.268. The Kier molecular flexibility index (Phi) is 2.66. The molecule has 0 unspecified atom stereocenters. The van der Waals surface area contributed by atoms with E-state index in [1.54, 1.807) is 0 Å². The van der Waals surface area contributed by atoms with Gasteiger partial charge < -0.3 is 5.32 Å². The Bertz CT molecular complexity index is 465. The van der Waals surface area contributed by atoms with Crippen LogP contribution in [-0.2, 0) is 14.8 Å². The van der Waals surface area contributed by atoms with Crippen LogP contribution in [0.25, 0.3) is 0 Å².